The van der Waals surface area contributed by atoms with Gasteiger partial charge in [-0.2, -0.15) is 0 Å². The maximum Gasteiger partial charge on any atom is 0.290 e. The minimum Gasteiger partial charge on any atom is -0.494 e. The van der Waals surface area contributed by atoms with E-state index < -0.39 is 0 Å². The number of para-hydroxylation sites is 1. The molecule has 0 saturated heterocycles. The predicted molar refractivity (Wildman–Crippen MR) is 55.5 cm³/mol. The third kappa shape index (κ3) is 7.16. The molecule has 0 heterocycles. The maximum absolute atomic E-state index is 8.36. The van der Waals surface area contributed by atoms with E-state index in [2.05, 4.69) is 6.92 Å². The number of hydrogen-bond donors (Lipinski definition) is 1. The molecule has 1 aromatic rings. The lowest BCUT2D eigenvalue weighted by molar-refractivity contribution is -0.122. The average Bonchev–Trinajstić information content (AvgIpc) is 2.21. The molecule has 0 aromatic heterocycles. The maximum atomic E-state index is 8.36. The van der Waals surface area contributed by atoms with Crippen LogP contribution in [0.4, 0.5) is 0 Å². The van der Waals surface area contributed by atoms with Gasteiger partial charge in [0.2, 0.25) is 0 Å². The van der Waals surface area contributed by atoms with E-state index in [0.29, 0.717) is 0 Å². The Morgan fingerprint density at radius 3 is 2.43 bits per heavy atom. The third-order valence-corrected chi connectivity index (χ3v) is 1.51. The van der Waals surface area contributed by atoms with E-state index >= 15 is 0 Å². The predicted octanol–water partition coefficient (Wildman–Crippen LogP) is 2.57. The molecule has 0 aliphatic carbocycles. The van der Waals surface area contributed by atoms with E-state index in [0.717, 1.165) is 18.8 Å². The van der Waals surface area contributed by atoms with Gasteiger partial charge in [0, 0.05) is 0 Å². The second-order valence-electron chi connectivity index (χ2n) is 2.62. The summed E-state index contributed by atoms with van der Waals surface area (Å²) in [6.45, 7) is 2.74. The molecule has 0 saturated carbocycles. The van der Waals surface area contributed by atoms with E-state index in [1.165, 1.54) is 6.42 Å². The summed E-state index contributed by atoms with van der Waals surface area (Å²) in [6, 6.07) is 9.93. The number of benzene rings is 1. The molecule has 0 radical (unpaired) electrons. The Morgan fingerprint density at radius 2 is 1.93 bits per heavy atom. The van der Waals surface area contributed by atoms with Crippen LogP contribution in [-0.2, 0) is 4.79 Å². The smallest absolute Gasteiger partial charge is 0.290 e. The van der Waals surface area contributed by atoms with Crippen LogP contribution >= 0.6 is 0 Å². The minimum absolute atomic E-state index is 0.250. The first-order valence-corrected chi connectivity index (χ1v) is 4.60. The van der Waals surface area contributed by atoms with Gasteiger partial charge >= 0.3 is 0 Å². The summed E-state index contributed by atoms with van der Waals surface area (Å²) in [4.78, 5) is 8.36. The molecule has 0 amide bonds. The van der Waals surface area contributed by atoms with Gasteiger partial charge in [-0.1, -0.05) is 31.5 Å². The topological polar surface area (TPSA) is 46.5 Å². The summed E-state index contributed by atoms with van der Waals surface area (Å²) in [6.07, 6.45) is 2.32. The Labute approximate surface area is 84.3 Å². The van der Waals surface area contributed by atoms with E-state index in [9.17, 15) is 0 Å². The molecule has 0 spiro atoms. The molecular weight excluding hydrogens is 180 g/mol. The van der Waals surface area contributed by atoms with Crippen LogP contribution in [-0.4, -0.2) is 18.2 Å². The SMILES string of the molecule is CCCCOc1ccccc1.O=CO. The van der Waals surface area contributed by atoms with Gasteiger partial charge in [0.05, 0.1) is 6.61 Å². The van der Waals surface area contributed by atoms with Crippen molar-refractivity contribution in [3.05, 3.63) is 30.3 Å². The average molecular weight is 196 g/mol. The van der Waals surface area contributed by atoms with E-state index in [4.69, 9.17) is 14.6 Å². The summed E-state index contributed by atoms with van der Waals surface area (Å²) in [5.74, 6) is 0.973. The van der Waals surface area contributed by atoms with Gasteiger partial charge in [-0.3, -0.25) is 4.79 Å². The summed E-state index contributed by atoms with van der Waals surface area (Å²) < 4.78 is 5.45. The lowest BCUT2D eigenvalue weighted by atomic mass is 10.3. The highest BCUT2D eigenvalue weighted by molar-refractivity contribution is 5.32. The number of carboxylic acid groups (broad SMARTS) is 1. The van der Waals surface area contributed by atoms with E-state index in [-0.39, 0.29) is 6.47 Å². The van der Waals surface area contributed by atoms with Gasteiger partial charge < -0.3 is 9.84 Å². The Hall–Kier alpha value is -1.51. The fraction of sp³-hybridized carbons (Fsp3) is 0.364. The first kappa shape index (κ1) is 12.5. The van der Waals surface area contributed by atoms with Crippen LogP contribution in [0.1, 0.15) is 19.8 Å². The van der Waals surface area contributed by atoms with Crippen LogP contribution in [0.25, 0.3) is 0 Å². The molecule has 0 aliphatic rings. The van der Waals surface area contributed by atoms with Gasteiger partial charge in [0.1, 0.15) is 5.75 Å². The van der Waals surface area contributed by atoms with Gasteiger partial charge in [0.25, 0.3) is 6.47 Å². The minimum atomic E-state index is -0.250. The van der Waals surface area contributed by atoms with Crippen LogP contribution in [0.3, 0.4) is 0 Å². The van der Waals surface area contributed by atoms with Crippen LogP contribution in [0.2, 0.25) is 0 Å². The number of ether oxygens (including phenoxy) is 1. The first-order chi connectivity index (χ1) is 6.85. The number of hydrogen-bond acceptors (Lipinski definition) is 2. The molecule has 1 rings (SSSR count). The molecule has 0 fully saturated rings. The Bertz CT molecular complexity index is 221. The third-order valence-electron chi connectivity index (χ3n) is 1.51. The summed E-state index contributed by atoms with van der Waals surface area (Å²) in [7, 11) is 0. The highest BCUT2D eigenvalue weighted by atomic mass is 16.5. The first-order valence-electron chi connectivity index (χ1n) is 4.60. The van der Waals surface area contributed by atoms with Crippen LogP contribution < -0.4 is 4.74 Å². The van der Waals surface area contributed by atoms with Gasteiger partial charge in [0.15, 0.2) is 0 Å². The highest BCUT2D eigenvalue weighted by Gasteiger charge is 1.88. The number of unbranched alkanes of at least 4 members (excludes halogenated alkanes) is 1. The van der Waals surface area contributed by atoms with Crippen molar-refractivity contribution in [1.29, 1.82) is 0 Å². The fourth-order valence-corrected chi connectivity index (χ4v) is 0.851. The number of carbonyl (C=O) groups is 1. The van der Waals surface area contributed by atoms with Gasteiger partial charge in [-0.05, 0) is 18.6 Å². The second kappa shape index (κ2) is 9.58. The van der Waals surface area contributed by atoms with Crippen molar-refractivity contribution in [2.24, 2.45) is 0 Å². The molecule has 14 heavy (non-hydrogen) atoms. The molecule has 0 bridgehead atoms. The van der Waals surface area contributed by atoms with Crippen molar-refractivity contribution >= 4 is 6.47 Å². The zero-order valence-electron chi connectivity index (χ0n) is 8.35. The van der Waals surface area contributed by atoms with Crippen LogP contribution in [0.5, 0.6) is 5.75 Å². The van der Waals surface area contributed by atoms with Crippen molar-refractivity contribution < 1.29 is 14.6 Å². The van der Waals surface area contributed by atoms with Crippen LogP contribution in [0.15, 0.2) is 30.3 Å². The Balaban J connectivity index is 0.000000500. The Morgan fingerprint density at radius 1 is 1.36 bits per heavy atom. The second-order valence-corrected chi connectivity index (χ2v) is 2.62. The van der Waals surface area contributed by atoms with E-state index in [1.807, 2.05) is 30.3 Å². The largest absolute Gasteiger partial charge is 0.494 e. The van der Waals surface area contributed by atoms with Gasteiger partial charge in [-0.15, -0.1) is 0 Å². The molecule has 3 nitrogen and oxygen atoms in total. The molecule has 1 aromatic carbocycles. The fourth-order valence-electron chi connectivity index (χ4n) is 0.851. The summed E-state index contributed by atoms with van der Waals surface area (Å²) >= 11 is 0. The zero-order valence-corrected chi connectivity index (χ0v) is 8.35. The standard InChI is InChI=1S/C10H14O.CH2O2/c1-2-3-9-11-10-7-5-4-6-8-10;2-1-3/h4-8H,2-3,9H2,1H3;1H,(H,2,3). The molecular formula is C11H16O3. The van der Waals surface area contributed by atoms with Crippen molar-refractivity contribution in [3.8, 4) is 5.75 Å². The normalized spacial score (nSPS) is 8.36. The van der Waals surface area contributed by atoms with Gasteiger partial charge in [-0.25, -0.2) is 0 Å². The van der Waals surface area contributed by atoms with Crippen LogP contribution in [0, 0.1) is 0 Å². The molecule has 1 N–H and O–H groups in total. The van der Waals surface area contributed by atoms with Crippen molar-refractivity contribution in [3.63, 3.8) is 0 Å². The quantitative estimate of drug-likeness (QED) is 0.594. The molecule has 0 aliphatic heterocycles. The monoisotopic (exact) mass is 196 g/mol. The molecule has 3 heteroatoms. The van der Waals surface area contributed by atoms with Crippen molar-refractivity contribution in [2.75, 3.05) is 6.61 Å². The van der Waals surface area contributed by atoms with Crippen molar-refractivity contribution in [1.82, 2.24) is 0 Å². The number of rotatable bonds is 4. The molecule has 0 unspecified atom stereocenters. The summed E-state index contributed by atoms with van der Waals surface area (Å²) in [5, 5.41) is 6.89. The Kier molecular flexibility index (Phi) is 8.54. The molecule has 0 atom stereocenters. The highest BCUT2D eigenvalue weighted by Crippen LogP contribution is 2.08. The van der Waals surface area contributed by atoms with E-state index in [1.54, 1.807) is 0 Å². The molecule has 78 valence electrons. The van der Waals surface area contributed by atoms with Crippen molar-refractivity contribution in [2.45, 2.75) is 19.8 Å². The summed E-state index contributed by atoms with van der Waals surface area (Å²) in [5.41, 5.74) is 0. The lowest BCUT2D eigenvalue weighted by Crippen LogP contribution is -1.95. The lowest BCUT2D eigenvalue weighted by Gasteiger charge is -2.03. The zero-order chi connectivity index (χ0) is 10.6.